The van der Waals surface area contributed by atoms with Crippen molar-refractivity contribution in [3.63, 3.8) is 0 Å². The Morgan fingerprint density at radius 3 is 1.48 bits per heavy atom. The first-order chi connectivity index (χ1) is 21.6. The number of rotatable bonds is 15. The standard InChI is InChI=1S/C44H56/c1-5-9-27-43(28-10-6-2)39-19-15-16-20-40(39)44(29-11-7-3,30-12-8-4)42-32-38-35(25-26-36(38)31-41(42)43)24-23-34-22-21-33-17-13-14-18-37(33)34/h13-22,25-26,31-32,34-35H,5-12,23-24,27-30H2,1-4H3. The van der Waals surface area contributed by atoms with Gasteiger partial charge in [0.15, 0.2) is 0 Å². The molecule has 0 saturated carbocycles. The summed E-state index contributed by atoms with van der Waals surface area (Å²) in [6.45, 7) is 9.52. The number of hydrogen-bond donors (Lipinski definition) is 0. The third-order valence-corrected chi connectivity index (χ3v) is 11.6. The summed E-state index contributed by atoms with van der Waals surface area (Å²) in [5.74, 6) is 1.07. The van der Waals surface area contributed by atoms with Gasteiger partial charge < -0.3 is 0 Å². The lowest BCUT2D eigenvalue weighted by Crippen LogP contribution is -2.43. The minimum Gasteiger partial charge on any atom is -0.0764 e. The molecule has 0 amide bonds. The van der Waals surface area contributed by atoms with E-state index in [1.165, 1.54) is 107 Å². The van der Waals surface area contributed by atoms with E-state index >= 15 is 0 Å². The van der Waals surface area contributed by atoms with Crippen LogP contribution in [0.1, 0.15) is 174 Å². The quantitative estimate of drug-likeness (QED) is 0.167. The maximum absolute atomic E-state index is 2.78. The van der Waals surface area contributed by atoms with E-state index in [9.17, 15) is 0 Å². The Labute approximate surface area is 269 Å². The zero-order chi connectivity index (χ0) is 30.6. The Morgan fingerprint density at radius 2 is 0.932 bits per heavy atom. The van der Waals surface area contributed by atoms with Crippen molar-refractivity contribution in [2.45, 2.75) is 140 Å². The van der Waals surface area contributed by atoms with Gasteiger partial charge in [-0.25, -0.2) is 0 Å². The van der Waals surface area contributed by atoms with E-state index in [4.69, 9.17) is 0 Å². The van der Waals surface area contributed by atoms with E-state index in [1.807, 2.05) is 0 Å². The maximum Gasteiger partial charge on any atom is 0.0209 e. The Kier molecular flexibility index (Phi) is 9.65. The summed E-state index contributed by atoms with van der Waals surface area (Å²) < 4.78 is 0. The van der Waals surface area contributed by atoms with Crippen LogP contribution in [0.2, 0.25) is 0 Å². The summed E-state index contributed by atoms with van der Waals surface area (Å²) in [5.41, 5.74) is 13.1. The Balaban J connectivity index is 1.47. The lowest BCUT2D eigenvalue weighted by atomic mass is 9.52. The second-order valence-electron chi connectivity index (χ2n) is 14.3. The molecule has 0 nitrogen and oxygen atoms in total. The lowest BCUT2D eigenvalue weighted by molar-refractivity contribution is 0.333. The summed E-state index contributed by atoms with van der Waals surface area (Å²) in [7, 11) is 0. The van der Waals surface area contributed by atoms with E-state index in [-0.39, 0.29) is 10.8 Å². The van der Waals surface area contributed by atoms with Gasteiger partial charge in [-0.15, -0.1) is 0 Å². The molecule has 2 unspecified atom stereocenters. The zero-order valence-corrected chi connectivity index (χ0v) is 28.1. The Hall–Kier alpha value is -2.86. The van der Waals surface area contributed by atoms with Gasteiger partial charge in [0.05, 0.1) is 0 Å². The highest BCUT2D eigenvalue weighted by molar-refractivity contribution is 5.70. The van der Waals surface area contributed by atoms with Crippen molar-refractivity contribution in [3.05, 3.63) is 117 Å². The van der Waals surface area contributed by atoms with E-state index < -0.39 is 0 Å². The van der Waals surface area contributed by atoms with E-state index in [1.54, 1.807) is 27.8 Å². The van der Waals surface area contributed by atoms with Crippen molar-refractivity contribution >= 4 is 12.2 Å². The molecule has 3 aliphatic carbocycles. The van der Waals surface area contributed by atoms with Crippen molar-refractivity contribution in [1.29, 1.82) is 0 Å². The van der Waals surface area contributed by atoms with Crippen LogP contribution >= 0.6 is 0 Å². The maximum atomic E-state index is 2.78. The smallest absolute Gasteiger partial charge is 0.0209 e. The van der Waals surface area contributed by atoms with E-state index in [2.05, 4.69) is 113 Å². The third kappa shape index (κ3) is 5.46. The molecule has 0 heterocycles. The minimum absolute atomic E-state index is 0.120. The molecule has 3 aromatic rings. The SMILES string of the molecule is CCCCC1(CCCC)c2ccccc2C(CCCC)(CCCC)c2cc3c(cc21)C=CC3CCC1C=Cc2ccccc21. The van der Waals surface area contributed by atoms with Crippen LogP contribution in [0.25, 0.3) is 12.2 Å². The largest absolute Gasteiger partial charge is 0.0764 e. The molecular formula is C44H56. The van der Waals surface area contributed by atoms with Gasteiger partial charge >= 0.3 is 0 Å². The molecule has 232 valence electrons. The van der Waals surface area contributed by atoms with Crippen molar-refractivity contribution in [2.75, 3.05) is 0 Å². The van der Waals surface area contributed by atoms with Gasteiger partial charge in [-0.05, 0) is 83.0 Å². The first-order valence-electron chi connectivity index (χ1n) is 18.4. The molecule has 0 fully saturated rings. The van der Waals surface area contributed by atoms with Crippen LogP contribution in [0.5, 0.6) is 0 Å². The second-order valence-corrected chi connectivity index (χ2v) is 14.3. The molecule has 0 aliphatic heterocycles. The second kappa shape index (κ2) is 13.6. The van der Waals surface area contributed by atoms with Crippen LogP contribution in [0.3, 0.4) is 0 Å². The molecule has 0 radical (unpaired) electrons. The van der Waals surface area contributed by atoms with Crippen molar-refractivity contribution in [2.24, 2.45) is 0 Å². The zero-order valence-electron chi connectivity index (χ0n) is 28.1. The van der Waals surface area contributed by atoms with E-state index in [0.29, 0.717) is 11.8 Å². The molecular weight excluding hydrogens is 528 g/mol. The molecule has 44 heavy (non-hydrogen) atoms. The number of unbranched alkanes of at least 4 members (excludes halogenated alkanes) is 4. The van der Waals surface area contributed by atoms with Gasteiger partial charge in [0.25, 0.3) is 0 Å². The molecule has 3 aliphatic rings. The molecule has 0 spiro atoms. The lowest BCUT2D eigenvalue weighted by Gasteiger charge is -2.51. The average Bonchev–Trinajstić information content (AvgIpc) is 3.67. The molecule has 2 atom stereocenters. The molecule has 0 N–H and O–H groups in total. The molecule has 6 rings (SSSR count). The van der Waals surface area contributed by atoms with Gasteiger partial charge in [0.1, 0.15) is 0 Å². The van der Waals surface area contributed by atoms with Crippen LogP contribution in [-0.4, -0.2) is 0 Å². The average molecular weight is 585 g/mol. The van der Waals surface area contributed by atoms with Gasteiger partial charge in [0, 0.05) is 22.7 Å². The molecule has 0 saturated heterocycles. The summed E-state index contributed by atoms with van der Waals surface area (Å²) in [6, 6.07) is 24.3. The fraction of sp³-hybridized carbons (Fsp3) is 0.500. The van der Waals surface area contributed by atoms with Crippen LogP contribution in [0.15, 0.2) is 72.8 Å². The monoisotopic (exact) mass is 584 g/mol. The first kappa shape index (κ1) is 31.1. The minimum atomic E-state index is 0.120. The van der Waals surface area contributed by atoms with Crippen LogP contribution in [0.4, 0.5) is 0 Å². The van der Waals surface area contributed by atoms with Gasteiger partial charge in [-0.3, -0.25) is 0 Å². The fourth-order valence-electron chi connectivity index (χ4n) is 9.25. The highest BCUT2D eigenvalue weighted by Crippen LogP contribution is 2.58. The Morgan fingerprint density at radius 1 is 0.477 bits per heavy atom. The molecule has 0 heteroatoms. The summed E-state index contributed by atoms with van der Waals surface area (Å²) in [4.78, 5) is 0. The predicted molar refractivity (Wildman–Crippen MR) is 192 cm³/mol. The number of benzene rings is 3. The first-order valence-corrected chi connectivity index (χ1v) is 18.4. The predicted octanol–water partition coefficient (Wildman–Crippen LogP) is 13.0. The number of allylic oxidation sites excluding steroid dienone is 2. The van der Waals surface area contributed by atoms with Crippen LogP contribution < -0.4 is 0 Å². The number of hydrogen-bond acceptors (Lipinski definition) is 0. The fourth-order valence-corrected chi connectivity index (χ4v) is 9.25. The van der Waals surface area contributed by atoms with Gasteiger partial charge in [-0.2, -0.15) is 0 Å². The Bertz CT molecular complexity index is 1470. The van der Waals surface area contributed by atoms with Crippen molar-refractivity contribution in [1.82, 2.24) is 0 Å². The van der Waals surface area contributed by atoms with Gasteiger partial charge in [-0.1, -0.05) is 164 Å². The topological polar surface area (TPSA) is 0 Å². The number of fused-ring (bicyclic) bond motifs is 4. The van der Waals surface area contributed by atoms with Crippen LogP contribution in [-0.2, 0) is 10.8 Å². The van der Waals surface area contributed by atoms with Crippen molar-refractivity contribution < 1.29 is 0 Å². The van der Waals surface area contributed by atoms with Gasteiger partial charge in [0.2, 0.25) is 0 Å². The summed E-state index contributed by atoms with van der Waals surface area (Å²) in [6.07, 6.45) is 27.5. The third-order valence-electron chi connectivity index (χ3n) is 11.6. The summed E-state index contributed by atoms with van der Waals surface area (Å²) in [5, 5.41) is 0. The van der Waals surface area contributed by atoms with Crippen molar-refractivity contribution in [3.8, 4) is 0 Å². The molecule has 0 aromatic heterocycles. The highest BCUT2D eigenvalue weighted by atomic mass is 14.5. The molecule has 0 bridgehead atoms. The van der Waals surface area contributed by atoms with Crippen LogP contribution in [0, 0.1) is 0 Å². The normalized spacial score (nSPS) is 19.9. The van der Waals surface area contributed by atoms with E-state index in [0.717, 1.165) is 0 Å². The summed E-state index contributed by atoms with van der Waals surface area (Å²) >= 11 is 0. The highest BCUT2D eigenvalue weighted by Gasteiger charge is 2.49. The molecule has 3 aromatic carbocycles.